The lowest BCUT2D eigenvalue weighted by molar-refractivity contribution is 0.350. The molecule has 1 aromatic carbocycles. The Hall–Kier alpha value is -1.68. The SMILES string of the molecule is Cc1cccc(-c2nc3n(n2)C(C)CCC3N)c1. The Labute approximate surface area is 107 Å². The van der Waals surface area contributed by atoms with E-state index in [0.717, 1.165) is 30.1 Å². The quantitative estimate of drug-likeness (QED) is 0.836. The van der Waals surface area contributed by atoms with Crippen LogP contribution in [0.25, 0.3) is 11.4 Å². The molecule has 0 bridgehead atoms. The van der Waals surface area contributed by atoms with Gasteiger partial charge in [-0.25, -0.2) is 9.67 Å². The molecule has 0 aliphatic carbocycles. The van der Waals surface area contributed by atoms with Crippen LogP contribution in [0.15, 0.2) is 24.3 Å². The van der Waals surface area contributed by atoms with Crippen LogP contribution >= 0.6 is 0 Å². The molecule has 0 saturated carbocycles. The van der Waals surface area contributed by atoms with Crippen molar-refractivity contribution in [1.82, 2.24) is 14.8 Å². The smallest absolute Gasteiger partial charge is 0.181 e. The van der Waals surface area contributed by atoms with Gasteiger partial charge in [0, 0.05) is 5.56 Å². The molecule has 0 amide bonds. The van der Waals surface area contributed by atoms with Gasteiger partial charge < -0.3 is 5.73 Å². The van der Waals surface area contributed by atoms with Gasteiger partial charge in [0.25, 0.3) is 0 Å². The Morgan fingerprint density at radius 3 is 2.89 bits per heavy atom. The lowest BCUT2D eigenvalue weighted by Gasteiger charge is -2.23. The van der Waals surface area contributed by atoms with Crippen LogP contribution in [-0.2, 0) is 0 Å². The molecule has 4 heteroatoms. The van der Waals surface area contributed by atoms with Gasteiger partial charge in [0.15, 0.2) is 5.82 Å². The highest BCUT2D eigenvalue weighted by molar-refractivity contribution is 5.55. The summed E-state index contributed by atoms with van der Waals surface area (Å²) in [5, 5.41) is 4.62. The van der Waals surface area contributed by atoms with Gasteiger partial charge in [-0.15, -0.1) is 0 Å². The second-order valence-corrected chi connectivity index (χ2v) is 5.14. The molecule has 1 aliphatic rings. The van der Waals surface area contributed by atoms with Gasteiger partial charge in [-0.2, -0.15) is 5.10 Å². The predicted octanol–water partition coefficient (Wildman–Crippen LogP) is 2.61. The highest BCUT2D eigenvalue weighted by Gasteiger charge is 2.25. The molecule has 0 saturated heterocycles. The van der Waals surface area contributed by atoms with Crippen molar-refractivity contribution in [2.45, 2.75) is 38.8 Å². The van der Waals surface area contributed by atoms with Gasteiger partial charge in [-0.3, -0.25) is 0 Å². The molecule has 2 N–H and O–H groups in total. The van der Waals surface area contributed by atoms with E-state index in [0.29, 0.717) is 6.04 Å². The first-order valence-corrected chi connectivity index (χ1v) is 6.44. The normalized spacial score (nSPS) is 22.8. The van der Waals surface area contributed by atoms with E-state index in [4.69, 9.17) is 5.73 Å². The molecule has 1 aliphatic heterocycles. The molecule has 4 nitrogen and oxygen atoms in total. The van der Waals surface area contributed by atoms with Crippen LogP contribution in [-0.4, -0.2) is 14.8 Å². The fourth-order valence-electron chi connectivity index (χ4n) is 2.49. The number of benzene rings is 1. The zero-order valence-corrected chi connectivity index (χ0v) is 10.8. The molecule has 2 aromatic rings. The number of nitrogens with zero attached hydrogens (tertiary/aromatic N) is 3. The number of aromatic nitrogens is 3. The summed E-state index contributed by atoms with van der Waals surface area (Å²) >= 11 is 0. The van der Waals surface area contributed by atoms with Crippen molar-refractivity contribution in [3.63, 3.8) is 0 Å². The number of rotatable bonds is 1. The van der Waals surface area contributed by atoms with Crippen molar-refractivity contribution in [1.29, 1.82) is 0 Å². The van der Waals surface area contributed by atoms with Gasteiger partial charge in [0.1, 0.15) is 5.82 Å². The van der Waals surface area contributed by atoms with Crippen LogP contribution in [0.2, 0.25) is 0 Å². The van der Waals surface area contributed by atoms with Crippen molar-refractivity contribution in [2.75, 3.05) is 0 Å². The van der Waals surface area contributed by atoms with Crippen LogP contribution in [0.1, 0.15) is 43.2 Å². The van der Waals surface area contributed by atoms with Gasteiger partial charge in [-0.05, 0) is 32.8 Å². The molecule has 2 unspecified atom stereocenters. The molecule has 2 atom stereocenters. The average Bonchev–Trinajstić information content (AvgIpc) is 2.80. The summed E-state index contributed by atoms with van der Waals surface area (Å²) in [7, 11) is 0. The molecular weight excluding hydrogens is 224 g/mol. The van der Waals surface area contributed by atoms with E-state index < -0.39 is 0 Å². The van der Waals surface area contributed by atoms with E-state index in [1.165, 1.54) is 5.56 Å². The van der Waals surface area contributed by atoms with E-state index in [1.807, 2.05) is 16.8 Å². The third-order valence-corrected chi connectivity index (χ3v) is 3.58. The fraction of sp³-hybridized carbons (Fsp3) is 0.429. The first kappa shape index (κ1) is 11.4. The van der Waals surface area contributed by atoms with Crippen molar-refractivity contribution in [3.8, 4) is 11.4 Å². The summed E-state index contributed by atoms with van der Waals surface area (Å²) in [6, 6.07) is 8.68. The standard InChI is InChI=1S/C14H18N4/c1-9-4-3-5-11(8-9)13-16-14-12(15)7-6-10(2)18(14)17-13/h3-5,8,10,12H,6-7,15H2,1-2H3. The Balaban J connectivity index is 2.07. The summed E-state index contributed by atoms with van der Waals surface area (Å²) in [5.74, 6) is 1.71. The summed E-state index contributed by atoms with van der Waals surface area (Å²) in [6.07, 6.45) is 2.07. The topological polar surface area (TPSA) is 56.7 Å². The maximum Gasteiger partial charge on any atom is 0.181 e. The van der Waals surface area contributed by atoms with Crippen LogP contribution in [0.3, 0.4) is 0 Å². The van der Waals surface area contributed by atoms with Crippen LogP contribution in [0.5, 0.6) is 0 Å². The Bertz CT molecular complexity index is 545. The van der Waals surface area contributed by atoms with E-state index in [1.54, 1.807) is 0 Å². The molecular formula is C14H18N4. The minimum Gasteiger partial charge on any atom is -0.321 e. The maximum atomic E-state index is 6.11. The number of nitrogens with two attached hydrogens (primary N) is 1. The van der Waals surface area contributed by atoms with Crippen molar-refractivity contribution in [2.24, 2.45) is 5.73 Å². The molecule has 2 heterocycles. The number of aryl methyl sites for hydroxylation is 1. The Morgan fingerprint density at radius 1 is 1.33 bits per heavy atom. The zero-order chi connectivity index (χ0) is 12.7. The minimum atomic E-state index is 0.0206. The summed E-state index contributed by atoms with van der Waals surface area (Å²) in [6.45, 7) is 4.25. The van der Waals surface area contributed by atoms with Gasteiger partial charge in [-0.1, -0.05) is 23.8 Å². The minimum absolute atomic E-state index is 0.0206. The molecule has 0 spiro atoms. The van der Waals surface area contributed by atoms with Crippen LogP contribution in [0.4, 0.5) is 0 Å². The molecule has 94 valence electrons. The average molecular weight is 242 g/mol. The lowest BCUT2D eigenvalue weighted by atomic mass is 10.0. The van der Waals surface area contributed by atoms with E-state index in [2.05, 4.69) is 36.1 Å². The Morgan fingerprint density at radius 2 is 2.17 bits per heavy atom. The fourth-order valence-corrected chi connectivity index (χ4v) is 2.49. The molecule has 1 aromatic heterocycles. The molecule has 3 rings (SSSR count). The summed E-state index contributed by atoms with van der Waals surface area (Å²) < 4.78 is 1.99. The maximum absolute atomic E-state index is 6.11. The summed E-state index contributed by atoms with van der Waals surface area (Å²) in [4.78, 5) is 4.62. The Kier molecular flexibility index (Phi) is 2.67. The first-order valence-electron chi connectivity index (χ1n) is 6.44. The third-order valence-electron chi connectivity index (χ3n) is 3.58. The van der Waals surface area contributed by atoms with Gasteiger partial charge >= 0.3 is 0 Å². The van der Waals surface area contributed by atoms with E-state index >= 15 is 0 Å². The number of hydrogen-bond acceptors (Lipinski definition) is 3. The molecule has 18 heavy (non-hydrogen) atoms. The first-order chi connectivity index (χ1) is 8.65. The van der Waals surface area contributed by atoms with Crippen molar-refractivity contribution >= 4 is 0 Å². The lowest BCUT2D eigenvalue weighted by Crippen LogP contribution is -2.25. The van der Waals surface area contributed by atoms with Crippen molar-refractivity contribution < 1.29 is 0 Å². The largest absolute Gasteiger partial charge is 0.321 e. The van der Waals surface area contributed by atoms with Crippen LogP contribution in [0, 0.1) is 6.92 Å². The zero-order valence-electron chi connectivity index (χ0n) is 10.8. The summed E-state index contributed by atoms with van der Waals surface area (Å²) in [5.41, 5.74) is 8.39. The van der Waals surface area contributed by atoms with Crippen LogP contribution < -0.4 is 5.73 Å². The predicted molar refractivity (Wildman–Crippen MR) is 71.1 cm³/mol. The second kappa shape index (κ2) is 4.21. The molecule has 0 radical (unpaired) electrons. The van der Waals surface area contributed by atoms with Gasteiger partial charge in [0.2, 0.25) is 0 Å². The highest BCUT2D eigenvalue weighted by atomic mass is 15.4. The highest BCUT2D eigenvalue weighted by Crippen LogP contribution is 2.30. The monoisotopic (exact) mass is 242 g/mol. The third kappa shape index (κ3) is 1.82. The van der Waals surface area contributed by atoms with E-state index in [-0.39, 0.29) is 6.04 Å². The molecule has 0 fully saturated rings. The van der Waals surface area contributed by atoms with Crippen molar-refractivity contribution in [3.05, 3.63) is 35.7 Å². The number of hydrogen-bond donors (Lipinski definition) is 1. The second-order valence-electron chi connectivity index (χ2n) is 5.14. The number of fused-ring (bicyclic) bond motifs is 1. The van der Waals surface area contributed by atoms with E-state index in [9.17, 15) is 0 Å². The van der Waals surface area contributed by atoms with Gasteiger partial charge in [0.05, 0.1) is 12.1 Å².